The minimum atomic E-state index is -3.85. The van der Waals surface area contributed by atoms with Crippen LogP contribution in [0.2, 0.25) is 10.0 Å². The topological polar surface area (TPSA) is 86.8 Å². The summed E-state index contributed by atoms with van der Waals surface area (Å²) in [5.41, 5.74) is 3.47. The largest absolute Gasteiger partial charge is 0.355 e. The van der Waals surface area contributed by atoms with E-state index < -0.39 is 28.5 Å². The van der Waals surface area contributed by atoms with E-state index in [1.807, 2.05) is 50.2 Å². The van der Waals surface area contributed by atoms with Crippen LogP contribution >= 0.6 is 23.2 Å². The second-order valence-electron chi connectivity index (χ2n) is 9.35. The SMILES string of the molecule is CCNC(=O)[C@@H](Cc1ccccc1)N(Cc1ccc(Cl)cc1Cl)C(=O)CN(c1cccc(C)c1C)S(C)(=O)=O. The van der Waals surface area contributed by atoms with Crippen LogP contribution in [0.3, 0.4) is 0 Å². The summed E-state index contributed by atoms with van der Waals surface area (Å²) in [6.07, 6.45) is 1.29. The Labute approximate surface area is 240 Å². The molecule has 1 atom stereocenters. The molecule has 3 aromatic carbocycles. The van der Waals surface area contributed by atoms with Gasteiger partial charge in [-0.1, -0.05) is 71.7 Å². The van der Waals surface area contributed by atoms with Crippen molar-refractivity contribution < 1.29 is 18.0 Å². The number of anilines is 1. The molecule has 0 aliphatic carbocycles. The molecule has 0 aromatic heterocycles. The molecule has 0 unspecified atom stereocenters. The first-order chi connectivity index (χ1) is 18.4. The number of benzene rings is 3. The lowest BCUT2D eigenvalue weighted by molar-refractivity contribution is -0.140. The van der Waals surface area contributed by atoms with Crippen molar-refractivity contribution >= 4 is 50.7 Å². The van der Waals surface area contributed by atoms with E-state index in [1.165, 1.54) is 4.90 Å². The number of halogens is 2. The number of amides is 2. The highest BCUT2D eigenvalue weighted by Crippen LogP contribution is 2.27. The first kappa shape index (κ1) is 30.5. The smallest absolute Gasteiger partial charge is 0.244 e. The third kappa shape index (κ3) is 7.97. The molecular weight excluding hydrogens is 557 g/mol. The summed E-state index contributed by atoms with van der Waals surface area (Å²) in [4.78, 5) is 28.8. The first-order valence-corrected chi connectivity index (χ1v) is 15.1. The maximum Gasteiger partial charge on any atom is 0.244 e. The summed E-state index contributed by atoms with van der Waals surface area (Å²) in [5.74, 6) is -0.892. The van der Waals surface area contributed by atoms with E-state index in [1.54, 1.807) is 37.3 Å². The zero-order chi connectivity index (χ0) is 28.7. The second-order valence-corrected chi connectivity index (χ2v) is 12.1. The van der Waals surface area contributed by atoms with Crippen LogP contribution < -0.4 is 9.62 Å². The fourth-order valence-electron chi connectivity index (χ4n) is 4.28. The molecule has 3 rings (SSSR count). The Kier molecular flexibility index (Phi) is 10.4. The van der Waals surface area contributed by atoms with Crippen LogP contribution in [0.15, 0.2) is 66.7 Å². The van der Waals surface area contributed by atoms with Crippen molar-refractivity contribution in [2.45, 2.75) is 39.8 Å². The molecule has 0 heterocycles. The van der Waals surface area contributed by atoms with E-state index in [-0.39, 0.29) is 18.9 Å². The van der Waals surface area contributed by atoms with Gasteiger partial charge in [0.2, 0.25) is 21.8 Å². The summed E-state index contributed by atoms with van der Waals surface area (Å²) < 4.78 is 27.0. The third-order valence-corrected chi connectivity index (χ3v) is 8.22. The molecule has 208 valence electrons. The molecule has 0 radical (unpaired) electrons. The molecule has 0 spiro atoms. The Hall–Kier alpha value is -3.07. The fourth-order valence-corrected chi connectivity index (χ4v) is 5.65. The Morgan fingerprint density at radius 3 is 2.28 bits per heavy atom. The zero-order valence-corrected chi connectivity index (χ0v) is 24.8. The molecule has 0 saturated carbocycles. The predicted molar refractivity (Wildman–Crippen MR) is 158 cm³/mol. The number of aryl methyl sites for hydroxylation is 1. The molecule has 0 bridgehead atoms. The van der Waals surface area contributed by atoms with Crippen LogP contribution in [-0.2, 0) is 32.6 Å². The number of nitrogens with zero attached hydrogens (tertiary/aromatic N) is 2. The van der Waals surface area contributed by atoms with Gasteiger partial charge in [0.15, 0.2) is 0 Å². The van der Waals surface area contributed by atoms with Gasteiger partial charge in [-0.25, -0.2) is 8.42 Å². The highest BCUT2D eigenvalue weighted by molar-refractivity contribution is 7.92. The van der Waals surface area contributed by atoms with Gasteiger partial charge in [-0.05, 0) is 61.2 Å². The van der Waals surface area contributed by atoms with Crippen molar-refractivity contribution in [3.05, 3.63) is 99.0 Å². The number of carbonyl (C=O) groups excluding carboxylic acids is 2. The minimum Gasteiger partial charge on any atom is -0.355 e. The van der Waals surface area contributed by atoms with Gasteiger partial charge in [0.1, 0.15) is 12.6 Å². The van der Waals surface area contributed by atoms with Gasteiger partial charge in [0, 0.05) is 29.6 Å². The van der Waals surface area contributed by atoms with Crippen molar-refractivity contribution in [3.8, 4) is 0 Å². The maximum absolute atomic E-state index is 14.1. The van der Waals surface area contributed by atoms with Gasteiger partial charge < -0.3 is 10.2 Å². The van der Waals surface area contributed by atoms with Crippen molar-refractivity contribution in [2.75, 3.05) is 23.7 Å². The zero-order valence-electron chi connectivity index (χ0n) is 22.4. The number of carbonyl (C=O) groups is 2. The number of rotatable bonds is 11. The number of nitrogens with one attached hydrogen (secondary N) is 1. The van der Waals surface area contributed by atoms with Gasteiger partial charge >= 0.3 is 0 Å². The molecule has 10 heteroatoms. The number of sulfonamides is 1. The molecule has 39 heavy (non-hydrogen) atoms. The summed E-state index contributed by atoms with van der Waals surface area (Å²) in [5, 5.41) is 3.60. The van der Waals surface area contributed by atoms with E-state index in [2.05, 4.69) is 5.32 Å². The van der Waals surface area contributed by atoms with Crippen LogP contribution in [-0.4, -0.2) is 50.5 Å². The van der Waals surface area contributed by atoms with E-state index in [0.717, 1.165) is 27.3 Å². The Morgan fingerprint density at radius 1 is 0.974 bits per heavy atom. The van der Waals surface area contributed by atoms with E-state index in [0.29, 0.717) is 27.8 Å². The van der Waals surface area contributed by atoms with Gasteiger partial charge in [0.25, 0.3) is 0 Å². The maximum atomic E-state index is 14.1. The quantitative estimate of drug-likeness (QED) is 0.335. The predicted octanol–water partition coefficient (Wildman–Crippen LogP) is 5.15. The van der Waals surface area contributed by atoms with Crippen LogP contribution in [0.25, 0.3) is 0 Å². The molecule has 0 aliphatic rings. The molecule has 3 aromatic rings. The lowest BCUT2D eigenvalue weighted by Gasteiger charge is -2.34. The average Bonchev–Trinajstić information content (AvgIpc) is 2.87. The average molecular weight is 591 g/mol. The van der Waals surface area contributed by atoms with Crippen molar-refractivity contribution in [2.24, 2.45) is 0 Å². The number of hydrogen-bond acceptors (Lipinski definition) is 4. The molecule has 7 nitrogen and oxygen atoms in total. The van der Waals surface area contributed by atoms with Crippen LogP contribution in [0.4, 0.5) is 5.69 Å². The Bertz CT molecular complexity index is 1430. The highest BCUT2D eigenvalue weighted by atomic mass is 35.5. The van der Waals surface area contributed by atoms with E-state index >= 15 is 0 Å². The van der Waals surface area contributed by atoms with Crippen LogP contribution in [0.5, 0.6) is 0 Å². The van der Waals surface area contributed by atoms with Gasteiger partial charge in [0.05, 0.1) is 11.9 Å². The lowest BCUT2D eigenvalue weighted by Crippen LogP contribution is -2.53. The monoisotopic (exact) mass is 589 g/mol. The molecule has 0 saturated heterocycles. The molecule has 0 aliphatic heterocycles. The van der Waals surface area contributed by atoms with Gasteiger partial charge in [-0.15, -0.1) is 0 Å². The molecule has 1 N–H and O–H groups in total. The van der Waals surface area contributed by atoms with Crippen molar-refractivity contribution in [1.82, 2.24) is 10.2 Å². The standard InChI is InChI=1S/C29H33Cl2N3O4S/c1-5-32-29(36)27(16-22-11-7-6-8-12-22)33(18-23-14-15-24(30)17-25(23)31)28(35)19-34(39(4,37)38)26-13-9-10-20(2)21(26)3/h6-15,17,27H,5,16,18-19H2,1-4H3,(H,32,36)/t27-/m1/s1. The van der Waals surface area contributed by atoms with Crippen molar-refractivity contribution in [3.63, 3.8) is 0 Å². The summed E-state index contributed by atoms with van der Waals surface area (Å²) in [6.45, 7) is 5.34. The minimum absolute atomic E-state index is 0.0200. The normalized spacial score (nSPS) is 12.1. The molecular formula is C29H33Cl2N3O4S. The van der Waals surface area contributed by atoms with Gasteiger partial charge in [-0.3, -0.25) is 13.9 Å². The summed E-state index contributed by atoms with van der Waals surface area (Å²) in [7, 11) is -3.85. The molecule has 2 amide bonds. The van der Waals surface area contributed by atoms with Crippen LogP contribution in [0.1, 0.15) is 29.2 Å². The third-order valence-electron chi connectivity index (χ3n) is 6.50. The summed E-state index contributed by atoms with van der Waals surface area (Å²) in [6, 6.07) is 18.6. The molecule has 0 fully saturated rings. The second kappa shape index (κ2) is 13.3. The number of likely N-dealkylation sites (N-methyl/N-ethyl adjacent to an activating group) is 1. The van der Waals surface area contributed by atoms with Gasteiger partial charge in [-0.2, -0.15) is 0 Å². The van der Waals surface area contributed by atoms with Crippen LogP contribution in [0, 0.1) is 13.8 Å². The fraction of sp³-hybridized carbons (Fsp3) is 0.310. The summed E-state index contributed by atoms with van der Waals surface area (Å²) >= 11 is 12.6. The highest BCUT2D eigenvalue weighted by Gasteiger charge is 2.33. The van der Waals surface area contributed by atoms with E-state index in [9.17, 15) is 18.0 Å². The first-order valence-electron chi connectivity index (χ1n) is 12.5. The van der Waals surface area contributed by atoms with Crippen molar-refractivity contribution in [1.29, 1.82) is 0 Å². The number of hydrogen-bond donors (Lipinski definition) is 1. The lowest BCUT2D eigenvalue weighted by atomic mass is 10.0. The Balaban J connectivity index is 2.09. The van der Waals surface area contributed by atoms with E-state index in [4.69, 9.17) is 23.2 Å². The Morgan fingerprint density at radius 2 is 1.67 bits per heavy atom.